The molecule has 0 heterocycles. The Kier molecular flexibility index (Phi) is 2.55. The van der Waals surface area contributed by atoms with Crippen molar-refractivity contribution in [3.63, 3.8) is 0 Å². The van der Waals surface area contributed by atoms with Crippen LogP contribution in [-0.4, -0.2) is 12.2 Å². The number of rotatable bonds is 2. The zero-order valence-electron chi connectivity index (χ0n) is 6.92. The van der Waals surface area contributed by atoms with E-state index in [0.29, 0.717) is 0 Å². The van der Waals surface area contributed by atoms with Gasteiger partial charge in [-0.1, -0.05) is 0 Å². The Balaban J connectivity index is 3.27. The van der Waals surface area contributed by atoms with Crippen molar-refractivity contribution in [3.05, 3.63) is 17.7 Å². The van der Waals surface area contributed by atoms with Crippen LogP contribution < -0.4 is 10.5 Å². The standard InChI is InChI=1S/C8H9F2NO2/c1-13-6-3-4(11)2-5(7(6)12)8(9)10/h2-3,8,12H,11H2,1H3. The van der Waals surface area contributed by atoms with Crippen molar-refractivity contribution in [1.29, 1.82) is 0 Å². The average molecular weight is 189 g/mol. The lowest BCUT2D eigenvalue weighted by Crippen LogP contribution is -1.94. The van der Waals surface area contributed by atoms with Gasteiger partial charge in [0, 0.05) is 11.8 Å². The second kappa shape index (κ2) is 3.47. The quantitative estimate of drug-likeness (QED) is 0.552. The van der Waals surface area contributed by atoms with Crippen molar-refractivity contribution in [2.45, 2.75) is 6.43 Å². The number of aromatic hydroxyl groups is 1. The maximum Gasteiger partial charge on any atom is 0.267 e. The molecule has 0 saturated heterocycles. The van der Waals surface area contributed by atoms with Gasteiger partial charge in [0.1, 0.15) is 0 Å². The van der Waals surface area contributed by atoms with Crippen LogP contribution in [0, 0.1) is 0 Å². The molecular weight excluding hydrogens is 180 g/mol. The number of ether oxygens (including phenoxy) is 1. The van der Waals surface area contributed by atoms with Crippen LogP contribution in [0.4, 0.5) is 14.5 Å². The number of alkyl halides is 2. The second-order valence-electron chi connectivity index (χ2n) is 2.46. The molecule has 0 radical (unpaired) electrons. The first-order valence-electron chi connectivity index (χ1n) is 3.50. The van der Waals surface area contributed by atoms with Crippen LogP contribution in [0.3, 0.4) is 0 Å². The Morgan fingerprint density at radius 2 is 2.08 bits per heavy atom. The molecule has 1 rings (SSSR count). The van der Waals surface area contributed by atoms with E-state index in [2.05, 4.69) is 4.74 Å². The van der Waals surface area contributed by atoms with E-state index in [0.717, 1.165) is 6.07 Å². The highest BCUT2D eigenvalue weighted by Crippen LogP contribution is 2.37. The molecule has 0 unspecified atom stereocenters. The van der Waals surface area contributed by atoms with Crippen LogP contribution in [0.2, 0.25) is 0 Å². The Bertz CT molecular complexity index is 315. The summed E-state index contributed by atoms with van der Waals surface area (Å²) in [7, 11) is 1.27. The minimum Gasteiger partial charge on any atom is -0.504 e. The van der Waals surface area contributed by atoms with Crippen molar-refractivity contribution in [2.75, 3.05) is 12.8 Å². The van der Waals surface area contributed by atoms with Gasteiger partial charge in [-0.2, -0.15) is 0 Å². The SMILES string of the molecule is COc1cc(N)cc(C(F)F)c1O. The lowest BCUT2D eigenvalue weighted by molar-refractivity contribution is 0.146. The first kappa shape index (κ1) is 9.57. The molecule has 1 aromatic rings. The second-order valence-corrected chi connectivity index (χ2v) is 2.46. The van der Waals surface area contributed by atoms with Crippen LogP contribution in [0.15, 0.2) is 12.1 Å². The Morgan fingerprint density at radius 3 is 2.54 bits per heavy atom. The van der Waals surface area contributed by atoms with E-state index in [-0.39, 0.29) is 11.4 Å². The van der Waals surface area contributed by atoms with Crippen molar-refractivity contribution < 1.29 is 18.6 Å². The molecule has 5 heteroatoms. The third kappa shape index (κ3) is 1.80. The van der Waals surface area contributed by atoms with E-state index in [9.17, 15) is 13.9 Å². The van der Waals surface area contributed by atoms with Crippen molar-refractivity contribution in [3.8, 4) is 11.5 Å². The lowest BCUT2D eigenvalue weighted by Gasteiger charge is -2.09. The third-order valence-corrected chi connectivity index (χ3v) is 1.58. The van der Waals surface area contributed by atoms with E-state index in [1.54, 1.807) is 0 Å². The van der Waals surface area contributed by atoms with Gasteiger partial charge in [0.05, 0.1) is 12.7 Å². The Labute approximate surface area is 73.7 Å². The molecular formula is C8H9F2NO2. The summed E-state index contributed by atoms with van der Waals surface area (Å²) < 4.78 is 29.2. The molecule has 3 N–H and O–H groups in total. The first-order chi connectivity index (χ1) is 6.06. The maximum atomic E-state index is 12.3. The van der Waals surface area contributed by atoms with Gasteiger partial charge < -0.3 is 15.6 Å². The molecule has 0 bridgehead atoms. The monoisotopic (exact) mass is 189 g/mol. The number of nitrogens with two attached hydrogens (primary N) is 1. The number of hydrogen-bond donors (Lipinski definition) is 2. The van der Waals surface area contributed by atoms with Crippen molar-refractivity contribution in [1.82, 2.24) is 0 Å². The molecule has 0 aliphatic rings. The fourth-order valence-corrected chi connectivity index (χ4v) is 0.974. The minimum atomic E-state index is -2.77. The van der Waals surface area contributed by atoms with Crippen molar-refractivity contribution in [2.24, 2.45) is 0 Å². The average Bonchev–Trinajstić information content (AvgIpc) is 2.08. The fourth-order valence-electron chi connectivity index (χ4n) is 0.974. The summed E-state index contributed by atoms with van der Waals surface area (Å²) in [5.41, 5.74) is 4.93. The van der Waals surface area contributed by atoms with Gasteiger partial charge in [0.25, 0.3) is 6.43 Å². The third-order valence-electron chi connectivity index (χ3n) is 1.58. The summed E-state index contributed by atoms with van der Waals surface area (Å²) in [6.45, 7) is 0. The van der Waals surface area contributed by atoms with Gasteiger partial charge in [-0.05, 0) is 6.07 Å². The number of methoxy groups -OCH3 is 1. The topological polar surface area (TPSA) is 55.5 Å². The zero-order chi connectivity index (χ0) is 10.0. The molecule has 0 aromatic heterocycles. The Morgan fingerprint density at radius 1 is 1.46 bits per heavy atom. The molecule has 3 nitrogen and oxygen atoms in total. The predicted octanol–water partition coefficient (Wildman–Crippen LogP) is 1.92. The van der Waals surface area contributed by atoms with Gasteiger partial charge in [0.2, 0.25) is 0 Å². The number of anilines is 1. The van der Waals surface area contributed by atoms with Crippen LogP contribution in [0.1, 0.15) is 12.0 Å². The van der Waals surface area contributed by atoms with E-state index in [1.807, 2.05) is 0 Å². The van der Waals surface area contributed by atoms with Crippen molar-refractivity contribution >= 4 is 5.69 Å². The number of phenolic OH excluding ortho intramolecular Hbond substituents is 1. The van der Waals surface area contributed by atoms with Crippen LogP contribution in [0.5, 0.6) is 11.5 Å². The summed E-state index contributed by atoms with van der Waals surface area (Å²) in [4.78, 5) is 0. The number of nitrogen functional groups attached to an aromatic ring is 1. The largest absolute Gasteiger partial charge is 0.504 e. The number of halogens is 2. The lowest BCUT2D eigenvalue weighted by atomic mass is 10.1. The highest BCUT2D eigenvalue weighted by Gasteiger charge is 2.17. The van der Waals surface area contributed by atoms with Crippen LogP contribution in [-0.2, 0) is 0 Å². The molecule has 0 spiro atoms. The molecule has 72 valence electrons. The molecule has 0 aliphatic carbocycles. The molecule has 13 heavy (non-hydrogen) atoms. The van der Waals surface area contributed by atoms with Gasteiger partial charge in [-0.15, -0.1) is 0 Å². The summed E-state index contributed by atoms with van der Waals surface area (Å²) in [6, 6.07) is 2.30. The van der Waals surface area contributed by atoms with Gasteiger partial charge in [-0.3, -0.25) is 0 Å². The normalized spacial score (nSPS) is 10.5. The minimum absolute atomic E-state index is 0.0460. The number of hydrogen-bond acceptors (Lipinski definition) is 3. The maximum absolute atomic E-state index is 12.3. The van der Waals surface area contributed by atoms with Crippen LogP contribution >= 0.6 is 0 Å². The molecule has 0 saturated carbocycles. The fraction of sp³-hybridized carbons (Fsp3) is 0.250. The number of benzene rings is 1. The summed E-state index contributed by atoms with van der Waals surface area (Å²) >= 11 is 0. The molecule has 0 aliphatic heterocycles. The highest BCUT2D eigenvalue weighted by atomic mass is 19.3. The van der Waals surface area contributed by atoms with Gasteiger partial charge >= 0.3 is 0 Å². The van der Waals surface area contributed by atoms with E-state index >= 15 is 0 Å². The van der Waals surface area contributed by atoms with E-state index < -0.39 is 17.7 Å². The smallest absolute Gasteiger partial charge is 0.267 e. The molecule has 0 atom stereocenters. The summed E-state index contributed by atoms with van der Waals surface area (Å²) in [6.07, 6.45) is -2.77. The van der Waals surface area contributed by atoms with Gasteiger partial charge in [0.15, 0.2) is 11.5 Å². The van der Waals surface area contributed by atoms with E-state index in [1.165, 1.54) is 13.2 Å². The molecule has 0 amide bonds. The summed E-state index contributed by atoms with van der Waals surface area (Å²) in [5, 5.41) is 9.22. The predicted molar refractivity (Wildman–Crippen MR) is 44.0 cm³/mol. The number of phenols is 1. The first-order valence-corrected chi connectivity index (χ1v) is 3.50. The van der Waals surface area contributed by atoms with Gasteiger partial charge in [-0.25, -0.2) is 8.78 Å². The highest BCUT2D eigenvalue weighted by molar-refractivity contribution is 5.56. The van der Waals surface area contributed by atoms with Crippen LogP contribution in [0.25, 0.3) is 0 Å². The zero-order valence-corrected chi connectivity index (χ0v) is 6.92. The molecule has 0 fully saturated rings. The van der Waals surface area contributed by atoms with E-state index in [4.69, 9.17) is 5.73 Å². The molecule has 1 aromatic carbocycles. The Hall–Kier alpha value is -1.52. The summed E-state index contributed by atoms with van der Waals surface area (Å²) in [5.74, 6) is -0.609.